The molecule has 2 fully saturated rings. The van der Waals surface area contributed by atoms with Crippen molar-refractivity contribution in [3.8, 4) is 11.3 Å². The summed E-state index contributed by atoms with van der Waals surface area (Å²) in [7, 11) is 2.19. The Hall–Kier alpha value is -1.64. The third kappa shape index (κ3) is 4.22. The quantitative estimate of drug-likeness (QED) is 0.517. The highest BCUT2D eigenvalue weighted by molar-refractivity contribution is 9.10. The molecular formula is C22H29BrN6S. The Kier molecular flexibility index (Phi) is 5.98. The summed E-state index contributed by atoms with van der Waals surface area (Å²) in [4.78, 5) is 10.8. The Labute approximate surface area is 190 Å². The molecule has 30 heavy (non-hydrogen) atoms. The molecule has 8 heteroatoms. The van der Waals surface area contributed by atoms with Crippen molar-refractivity contribution < 1.29 is 0 Å². The number of benzene rings is 1. The van der Waals surface area contributed by atoms with Crippen LogP contribution in [0.1, 0.15) is 38.5 Å². The Balaban J connectivity index is 1.51. The summed E-state index contributed by atoms with van der Waals surface area (Å²) in [5, 5.41) is 9.96. The van der Waals surface area contributed by atoms with Crippen molar-refractivity contribution in [3.63, 3.8) is 0 Å². The van der Waals surface area contributed by atoms with Gasteiger partial charge >= 0.3 is 0 Å². The maximum absolute atomic E-state index is 5.04. The van der Waals surface area contributed by atoms with Crippen molar-refractivity contribution in [1.82, 2.24) is 19.5 Å². The minimum Gasteiger partial charge on any atom is -0.365 e. The van der Waals surface area contributed by atoms with Crippen molar-refractivity contribution in [2.45, 2.75) is 44.6 Å². The third-order valence-corrected chi connectivity index (χ3v) is 7.78. The number of rotatable bonds is 4. The fourth-order valence-corrected chi connectivity index (χ4v) is 5.64. The molecule has 160 valence electrons. The van der Waals surface area contributed by atoms with Gasteiger partial charge in [0.05, 0.1) is 0 Å². The van der Waals surface area contributed by atoms with E-state index in [-0.39, 0.29) is 0 Å². The van der Waals surface area contributed by atoms with Crippen LogP contribution in [-0.2, 0) is 0 Å². The lowest BCUT2D eigenvalue weighted by Gasteiger charge is -2.31. The van der Waals surface area contributed by atoms with Crippen LogP contribution < -0.4 is 10.2 Å². The maximum atomic E-state index is 5.04. The van der Waals surface area contributed by atoms with Crippen LogP contribution >= 0.6 is 27.3 Å². The summed E-state index contributed by atoms with van der Waals surface area (Å²) in [5.41, 5.74) is 2.14. The molecule has 6 nitrogen and oxygen atoms in total. The van der Waals surface area contributed by atoms with Gasteiger partial charge in [-0.05, 0) is 32.0 Å². The maximum Gasteiger partial charge on any atom is 0.216 e. The van der Waals surface area contributed by atoms with E-state index >= 15 is 0 Å². The fourth-order valence-electron chi connectivity index (χ4n) is 4.42. The summed E-state index contributed by atoms with van der Waals surface area (Å²) in [6.07, 6.45) is 7.76. The van der Waals surface area contributed by atoms with Crippen LogP contribution in [0.5, 0.6) is 0 Å². The van der Waals surface area contributed by atoms with Crippen LogP contribution in [0.15, 0.2) is 28.7 Å². The SMILES string of the molecule is CN1CCN(c2nn3c(NC4CCCCCC4)c(-c4ccc(Br)cc4)nc3s2)CC1. The number of hydrogen-bond acceptors (Lipinski definition) is 6. The second-order valence-electron chi connectivity index (χ2n) is 8.52. The minimum absolute atomic E-state index is 0.496. The number of halogens is 1. The zero-order valence-electron chi connectivity index (χ0n) is 17.5. The predicted molar refractivity (Wildman–Crippen MR) is 129 cm³/mol. The summed E-state index contributed by atoms with van der Waals surface area (Å²) >= 11 is 5.25. The van der Waals surface area contributed by atoms with Crippen LogP contribution in [0.25, 0.3) is 16.2 Å². The van der Waals surface area contributed by atoms with Crippen molar-refractivity contribution in [2.24, 2.45) is 0 Å². The summed E-state index contributed by atoms with van der Waals surface area (Å²) < 4.78 is 3.14. The van der Waals surface area contributed by atoms with E-state index in [2.05, 4.69) is 66.9 Å². The van der Waals surface area contributed by atoms with Crippen molar-refractivity contribution >= 4 is 43.2 Å². The molecule has 2 aliphatic rings. The summed E-state index contributed by atoms with van der Waals surface area (Å²) in [6, 6.07) is 8.94. The largest absolute Gasteiger partial charge is 0.365 e. The zero-order valence-corrected chi connectivity index (χ0v) is 19.9. The monoisotopic (exact) mass is 488 g/mol. The number of hydrogen-bond donors (Lipinski definition) is 1. The van der Waals surface area contributed by atoms with Gasteiger partial charge in [0.1, 0.15) is 5.69 Å². The van der Waals surface area contributed by atoms with Crippen LogP contribution in [0.2, 0.25) is 0 Å². The molecule has 5 rings (SSSR count). The Morgan fingerprint density at radius 3 is 2.40 bits per heavy atom. The summed E-state index contributed by atoms with van der Waals surface area (Å²) in [5.74, 6) is 1.05. The first-order chi connectivity index (χ1) is 14.7. The standard InChI is InChI=1S/C22H29BrN6S/c1-27-12-14-28(15-13-27)22-26-29-20(24-18-6-4-2-3-5-7-18)19(25-21(29)30-22)16-8-10-17(23)11-9-16/h8-11,18,24H,2-7,12-15H2,1H3. The average molecular weight is 489 g/mol. The molecule has 0 bridgehead atoms. The molecule has 1 saturated heterocycles. The third-order valence-electron chi connectivity index (χ3n) is 6.28. The molecule has 1 aliphatic carbocycles. The number of anilines is 2. The van der Waals surface area contributed by atoms with Gasteiger partial charge in [0.2, 0.25) is 10.1 Å². The molecule has 1 N–H and O–H groups in total. The second kappa shape index (κ2) is 8.85. The molecule has 0 spiro atoms. The molecule has 0 unspecified atom stereocenters. The predicted octanol–water partition coefficient (Wildman–Crippen LogP) is 5.11. The highest BCUT2D eigenvalue weighted by atomic mass is 79.9. The molecule has 1 aromatic carbocycles. The lowest BCUT2D eigenvalue weighted by atomic mass is 10.1. The van der Waals surface area contributed by atoms with Gasteiger partial charge in [-0.15, -0.1) is 5.10 Å². The van der Waals surface area contributed by atoms with Gasteiger partial charge in [0.15, 0.2) is 5.82 Å². The van der Waals surface area contributed by atoms with Gasteiger partial charge in [0.25, 0.3) is 0 Å². The van der Waals surface area contributed by atoms with E-state index in [9.17, 15) is 0 Å². The first-order valence-electron chi connectivity index (χ1n) is 11.0. The highest BCUT2D eigenvalue weighted by Crippen LogP contribution is 2.35. The molecule has 0 atom stereocenters. The number of nitrogens with one attached hydrogen (secondary N) is 1. The van der Waals surface area contributed by atoms with Gasteiger partial charge in [-0.1, -0.05) is 65.1 Å². The molecule has 0 amide bonds. The van der Waals surface area contributed by atoms with Crippen molar-refractivity contribution in [3.05, 3.63) is 28.7 Å². The smallest absolute Gasteiger partial charge is 0.216 e. The lowest BCUT2D eigenvalue weighted by Crippen LogP contribution is -2.44. The van der Waals surface area contributed by atoms with Crippen LogP contribution in [0.4, 0.5) is 10.9 Å². The minimum atomic E-state index is 0.496. The lowest BCUT2D eigenvalue weighted by molar-refractivity contribution is 0.312. The Morgan fingerprint density at radius 1 is 1.00 bits per heavy atom. The van der Waals surface area contributed by atoms with Crippen molar-refractivity contribution in [2.75, 3.05) is 43.4 Å². The van der Waals surface area contributed by atoms with E-state index in [1.54, 1.807) is 11.3 Å². The molecule has 0 radical (unpaired) electrons. The second-order valence-corrected chi connectivity index (χ2v) is 10.4. The number of imidazole rings is 1. The van der Waals surface area contributed by atoms with E-state index in [0.29, 0.717) is 6.04 Å². The van der Waals surface area contributed by atoms with Crippen LogP contribution in [0.3, 0.4) is 0 Å². The Morgan fingerprint density at radius 2 is 1.70 bits per heavy atom. The van der Waals surface area contributed by atoms with Gasteiger partial charge in [0, 0.05) is 42.3 Å². The number of piperazine rings is 1. The molecule has 2 aromatic heterocycles. The van der Waals surface area contributed by atoms with Crippen molar-refractivity contribution in [1.29, 1.82) is 0 Å². The van der Waals surface area contributed by atoms with E-state index < -0.39 is 0 Å². The number of likely N-dealkylation sites (N-methyl/N-ethyl adjacent to an activating group) is 1. The molecule has 1 saturated carbocycles. The van der Waals surface area contributed by atoms with Gasteiger partial charge in [-0.25, -0.2) is 4.98 Å². The molecule has 3 aromatic rings. The van der Waals surface area contributed by atoms with Gasteiger partial charge < -0.3 is 15.1 Å². The molecule has 3 heterocycles. The van der Waals surface area contributed by atoms with E-state index in [1.165, 1.54) is 38.5 Å². The van der Waals surface area contributed by atoms with E-state index in [4.69, 9.17) is 10.1 Å². The van der Waals surface area contributed by atoms with Gasteiger partial charge in [-0.2, -0.15) is 4.52 Å². The molecular weight excluding hydrogens is 460 g/mol. The fraction of sp³-hybridized carbons (Fsp3) is 0.545. The summed E-state index contributed by atoms with van der Waals surface area (Å²) in [6.45, 7) is 4.22. The number of fused-ring (bicyclic) bond motifs is 1. The van der Waals surface area contributed by atoms with E-state index in [1.807, 2.05) is 0 Å². The topological polar surface area (TPSA) is 48.7 Å². The number of aromatic nitrogens is 3. The first-order valence-corrected chi connectivity index (χ1v) is 12.6. The number of nitrogens with zero attached hydrogens (tertiary/aromatic N) is 5. The normalized spacial score (nSPS) is 19.3. The van der Waals surface area contributed by atoms with Crippen LogP contribution in [-0.4, -0.2) is 58.8 Å². The Bertz CT molecular complexity index is 981. The zero-order chi connectivity index (χ0) is 20.5. The van der Waals surface area contributed by atoms with Gasteiger partial charge in [-0.3, -0.25) is 0 Å². The van der Waals surface area contributed by atoms with E-state index in [0.717, 1.165) is 57.8 Å². The van der Waals surface area contributed by atoms with Crippen LogP contribution in [0, 0.1) is 0 Å². The highest BCUT2D eigenvalue weighted by Gasteiger charge is 2.24. The molecule has 1 aliphatic heterocycles. The first kappa shape index (κ1) is 20.3. The average Bonchev–Trinajstić information content (AvgIpc) is 3.18.